The van der Waals surface area contributed by atoms with Crippen LogP contribution in [-0.4, -0.2) is 50.8 Å². The zero-order valence-corrected chi connectivity index (χ0v) is 13.6. The minimum atomic E-state index is -3.87. The molecule has 1 N–H and O–H groups in total. The Balaban J connectivity index is 2.43. The zero-order chi connectivity index (χ0) is 15.8. The molecule has 0 amide bonds. The molecule has 1 aliphatic rings. The summed E-state index contributed by atoms with van der Waals surface area (Å²) in [6.07, 6.45) is 0.270. The number of nitrogens with zero attached hydrogens (tertiary/aromatic N) is 1. The van der Waals surface area contributed by atoms with Crippen LogP contribution in [0.4, 0.5) is 0 Å². The van der Waals surface area contributed by atoms with Gasteiger partial charge in [0.2, 0.25) is 10.0 Å². The van der Waals surface area contributed by atoms with Gasteiger partial charge in [0.1, 0.15) is 16.4 Å². The predicted octanol–water partition coefficient (Wildman–Crippen LogP) is 0.198. The molecule has 0 bridgehead atoms. The molecule has 0 saturated carbocycles. The Hall–Kier alpha value is -0.900. The summed E-state index contributed by atoms with van der Waals surface area (Å²) in [4.78, 5) is -0.0400. The van der Waals surface area contributed by atoms with Crippen LogP contribution in [0, 0.1) is 13.8 Å². The average Bonchev–Trinajstić information content (AvgIpc) is 2.54. The summed E-state index contributed by atoms with van der Waals surface area (Å²) in [6, 6.07) is 0. The highest BCUT2D eigenvalue weighted by atomic mass is 32.2. The van der Waals surface area contributed by atoms with Gasteiger partial charge >= 0.3 is 0 Å². The van der Waals surface area contributed by atoms with E-state index >= 15 is 0 Å². The molecule has 1 aliphatic heterocycles. The van der Waals surface area contributed by atoms with Crippen LogP contribution in [0.3, 0.4) is 0 Å². The summed E-state index contributed by atoms with van der Waals surface area (Å²) in [5.74, 6) is 0.380. The number of rotatable bonds is 3. The smallest absolute Gasteiger partial charge is 0.246 e. The van der Waals surface area contributed by atoms with Gasteiger partial charge in [-0.25, -0.2) is 16.8 Å². The van der Waals surface area contributed by atoms with Crippen molar-refractivity contribution in [2.45, 2.75) is 31.8 Å². The van der Waals surface area contributed by atoms with Gasteiger partial charge in [-0.15, -0.1) is 0 Å². The first-order chi connectivity index (χ1) is 9.69. The van der Waals surface area contributed by atoms with Crippen LogP contribution >= 0.6 is 0 Å². The van der Waals surface area contributed by atoms with E-state index in [4.69, 9.17) is 4.42 Å². The van der Waals surface area contributed by atoms with Crippen molar-refractivity contribution >= 4 is 19.9 Å². The molecule has 1 aromatic rings. The molecule has 9 heteroatoms. The number of sulfone groups is 1. The minimum Gasteiger partial charge on any atom is -0.465 e. The van der Waals surface area contributed by atoms with Crippen molar-refractivity contribution < 1.29 is 26.4 Å². The highest BCUT2D eigenvalue weighted by Crippen LogP contribution is 2.29. The second-order valence-electron chi connectivity index (χ2n) is 5.09. The number of sulfonamides is 1. The van der Waals surface area contributed by atoms with Crippen molar-refractivity contribution in [1.82, 2.24) is 4.31 Å². The van der Waals surface area contributed by atoms with Gasteiger partial charge in [0.05, 0.1) is 18.1 Å². The van der Waals surface area contributed by atoms with Gasteiger partial charge in [-0.05, 0) is 20.3 Å². The number of furan rings is 1. The first kappa shape index (κ1) is 16.5. The fourth-order valence-electron chi connectivity index (χ4n) is 2.52. The minimum absolute atomic E-state index is 0.00469. The predicted molar refractivity (Wildman–Crippen MR) is 76.1 cm³/mol. The van der Waals surface area contributed by atoms with Crippen LogP contribution in [-0.2, 0) is 26.5 Å². The number of aliphatic hydroxyl groups excluding tert-OH is 1. The Labute approximate surface area is 124 Å². The van der Waals surface area contributed by atoms with E-state index in [0.29, 0.717) is 5.76 Å². The summed E-state index contributed by atoms with van der Waals surface area (Å²) in [5, 5.41) is 9.37. The highest BCUT2D eigenvalue weighted by molar-refractivity contribution is 7.91. The normalized spacial score (nSPS) is 20.3. The van der Waals surface area contributed by atoms with Crippen molar-refractivity contribution in [1.29, 1.82) is 0 Å². The summed E-state index contributed by atoms with van der Waals surface area (Å²) in [5.41, 5.74) is 0.236. The molecule has 0 radical (unpaired) electrons. The van der Waals surface area contributed by atoms with E-state index in [1.165, 1.54) is 6.92 Å². The van der Waals surface area contributed by atoms with Crippen molar-refractivity contribution in [2.24, 2.45) is 0 Å². The van der Waals surface area contributed by atoms with Crippen LogP contribution < -0.4 is 0 Å². The molecular weight excluding hydrogens is 318 g/mol. The molecule has 0 unspecified atom stereocenters. The lowest BCUT2D eigenvalue weighted by atomic mass is 10.2. The maximum atomic E-state index is 12.7. The number of hydrogen-bond donors (Lipinski definition) is 1. The molecule has 2 rings (SSSR count). The van der Waals surface area contributed by atoms with Crippen LogP contribution in [0.15, 0.2) is 9.31 Å². The van der Waals surface area contributed by atoms with Crippen molar-refractivity contribution in [2.75, 3.05) is 24.6 Å². The SMILES string of the molecule is Cc1oc(C)c(S(=O)(=O)N2CCCS(=O)(=O)CC2)c1CO. The van der Waals surface area contributed by atoms with Gasteiger partial charge in [-0.1, -0.05) is 0 Å². The lowest BCUT2D eigenvalue weighted by Gasteiger charge is -2.19. The Morgan fingerprint density at radius 3 is 2.48 bits per heavy atom. The van der Waals surface area contributed by atoms with Crippen LogP contribution in [0.2, 0.25) is 0 Å². The summed E-state index contributed by atoms with van der Waals surface area (Å²) >= 11 is 0. The zero-order valence-electron chi connectivity index (χ0n) is 12.0. The number of hydrogen-bond acceptors (Lipinski definition) is 6. The van der Waals surface area contributed by atoms with E-state index in [1.807, 2.05) is 0 Å². The van der Waals surface area contributed by atoms with Crippen LogP contribution in [0.25, 0.3) is 0 Å². The van der Waals surface area contributed by atoms with E-state index in [0.717, 1.165) is 4.31 Å². The van der Waals surface area contributed by atoms with Gasteiger partial charge in [0, 0.05) is 18.7 Å². The molecule has 0 atom stereocenters. The Bertz CT molecular complexity index is 732. The lowest BCUT2D eigenvalue weighted by Crippen LogP contribution is -2.34. The third-order valence-corrected chi connectivity index (χ3v) is 7.41. The van der Waals surface area contributed by atoms with Crippen LogP contribution in [0.1, 0.15) is 23.5 Å². The Morgan fingerprint density at radius 2 is 1.86 bits per heavy atom. The maximum Gasteiger partial charge on any atom is 0.246 e. The fraction of sp³-hybridized carbons (Fsp3) is 0.667. The quantitative estimate of drug-likeness (QED) is 0.844. The monoisotopic (exact) mass is 337 g/mol. The topological polar surface area (TPSA) is 105 Å². The average molecular weight is 337 g/mol. The van der Waals surface area contributed by atoms with E-state index in [9.17, 15) is 21.9 Å². The van der Waals surface area contributed by atoms with Crippen molar-refractivity contribution in [3.8, 4) is 0 Å². The Kier molecular flexibility index (Phi) is 4.48. The first-order valence-electron chi connectivity index (χ1n) is 6.59. The van der Waals surface area contributed by atoms with Gasteiger partial charge < -0.3 is 9.52 Å². The molecule has 21 heavy (non-hydrogen) atoms. The molecule has 1 aromatic heterocycles. The maximum absolute atomic E-state index is 12.7. The van der Waals surface area contributed by atoms with Crippen LogP contribution in [0.5, 0.6) is 0 Å². The second kappa shape index (κ2) is 5.71. The molecule has 1 fully saturated rings. The first-order valence-corrected chi connectivity index (χ1v) is 9.85. The van der Waals surface area contributed by atoms with E-state index in [-0.39, 0.29) is 47.2 Å². The molecular formula is C12H19NO6S2. The molecule has 120 valence electrons. The van der Waals surface area contributed by atoms with Crippen molar-refractivity contribution in [3.05, 3.63) is 17.1 Å². The molecule has 0 spiro atoms. The summed E-state index contributed by atoms with van der Waals surface area (Å²) in [7, 11) is -7.07. The van der Waals surface area contributed by atoms with Gasteiger partial charge in [-0.2, -0.15) is 4.31 Å². The molecule has 7 nitrogen and oxygen atoms in total. The van der Waals surface area contributed by atoms with E-state index in [2.05, 4.69) is 0 Å². The molecule has 0 aliphatic carbocycles. The van der Waals surface area contributed by atoms with Gasteiger partial charge in [0.15, 0.2) is 9.84 Å². The third-order valence-electron chi connectivity index (χ3n) is 3.60. The standard InChI is InChI=1S/C12H19NO6S2/c1-9-11(8-14)12(10(2)19-9)21(17,18)13-4-3-6-20(15,16)7-5-13/h14H,3-8H2,1-2H3. The molecule has 0 aromatic carbocycles. The summed E-state index contributed by atoms with van der Waals surface area (Å²) < 4.78 is 55.1. The van der Waals surface area contributed by atoms with Gasteiger partial charge in [-0.3, -0.25) is 0 Å². The largest absolute Gasteiger partial charge is 0.465 e. The molecule has 2 heterocycles. The summed E-state index contributed by atoms with van der Waals surface area (Å²) in [6.45, 7) is 2.75. The fourth-order valence-corrected chi connectivity index (χ4v) is 5.79. The highest BCUT2D eigenvalue weighted by Gasteiger charge is 2.34. The van der Waals surface area contributed by atoms with E-state index < -0.39 is 26.5 Å². The second-order valence-corrected chi connectivity index (χ2v) is 9.27. The van der Waals surface area contributed by atoms with Crippen molar-refractivity contribution in [3.63, 3.8) is 0 Å². The van der Waals surface area contributed by atoms with Gasteiger partial charge in [0.25, 0.3) is 0 Å². The lowest BCUT2D eigenvalue weighted by molar-refractivity contribution is 0.276. The number of aliphatic hydroxyl groups is 1. The Morgan fingerprint density at radius 1 is 1.19 bits per heavy atom. The molecule has 1 saturated heterocycles. The number of aryl methyl sites for hydroxylation is 2. The third kappa shape index (κ3) is 3.15. The van der Waals surface area contributed by atoms with E-state index in [1.54, 1.807) is 6.92 Å².